The van der Waals surface area contributed by atoms with Crippen LogP contribution in [-0.2, 0) is 6.18 Å². The Morgan fingerprint density at radius 1 is 1.21 bits per heavy atom. The summed E-state index contributed by atoms with van der Waals surface area (Å²) in [6.07, 6.45) is -3.24. The van der Waals surface area contributed by atoms with Crippen molar-refractivity contribution >= 4 is 5.65 Å². The minimum atomic E-state index is -4.59. The Hall–Kier alpha value is -2.38. The van der Waals surface area contributed by atoms with Crippen LogP contribution in [0.2, 0.25) is 0 Å². The Morgan fingerprint density at radius 3 is 2.63 bits per heavy atom. The van der Waals surface area contributed by atoms with Crippen LogP contribution in [0, 0.1) is 6.92 Å². The first-order valence-electron chi connectivity index (χ1n) is 5.31. The number of aryl methyl sites for hydroxylation is 1. The molecule has 3 aromatic heterocycles. The third kappa shape index (κ3) is 1.94. The molecule has 0 bridgehead atoms. The Kier molecular flexibility index (Phi) is 2.34. The van der Waals surface area contributed by atoms with Crippen LogP contribution in [0.5, 0.6) is 0 Å². The molecule has 0 aliphatic rings. The zero-order valence-corrected chi connectivity index (χ0v) is 9.64. The topological polar surface area (TPSA) is 56.2 Å². The van der Waals surface area contributed by atoms with Crippen molar-refractivity contribution in [1.29, 1.82) is 0 Å². The van der Waals surface area contributed by atoms with Gasteiger partial charge in [0.25, 0.3) is 5.82 Å². The molecule has 0 fully saturated rings. The molecule has 98 valence electrons. The lowest BCUT2D eigenvalue weighted by Crippen LogP contribution is -2.08. The summed E-state index contributed by atoms with van der Waals surface area (Å²) in [5.74, 6) is -0.0645. The first-order chi connectivity index (χ1) is 8.95. The highest BCUT2D eigenvalue weighted by Gasteiger charge is 2.36. The summed E-state index contributed by atoms with van der Waals surface area (Å²) in [5.41, 5.74) is 0.0615. The number of rotatable bonds is 1. The van der Waals surface area contributed by atoms with Crippen molar-refractivity contribution in [2.24, 2.45) is 0 Å². The molecule has 8 heteroatoms. The highest BCUT2D eigenvalue weighted by Crippen LogP contribution is 2.28. The fraction of sp³-hybridized carbons (Fsp3) is 0.182. The van der Waals surface area contributed by atoms with E-state index in [-0.39, 0.29) is 11.5 Å². The lowest BCUT2D eigenvalue weighted by atomic mass is 10.4. The molecule has 3 aromatic rings. The average molecular weight is 268 g/mol. The van der Waals surface area contributed by atoms with Crippen LogP contribution >= 0.6 is 0 Å². The fourth-order valence-corrected chi connectivity index (χ4v) is 1.66. The molecule has 0 aliphatic heterocycles. The maximum absolute atomic E-state index is 12.6. The SMILES string of the molecule is Cc1ccc(-c2nccc3nc(C(F)(F)F)nn23)o1. The van der Waals surface area contributed by atoms with E-state index in [0.29, 0.717) is 11.5 Å². The predicted molar refractivity (Wildman–Crippen MR) is 58.2 cm³/mol. The summed E-state index contributed by atoms with van der Waals surface area (Å²) in [7, 11) is 0. The molecule has 0 aliphatic carbocycles. The molecule has 0 atom stereocenters. The fourth-order valence-electron chi connectivity index (χ4n) is 1.66. The molecule has 3 heterocycles. The average Bonchev–Trinajstić information content (AvgIpc) is 2.93. The molecule has 0 saturated heterocycles. The lowest BCUT2D eigenvalue weighted by Gasteiger charge is -1.99. The van der Waals surface area contributed by atoms with Gasteiger partial charge in [-0.05, 0) is 19.1 Å². The van der Waals surface area contributed by atoms with Crippen molar-refractivity contribution in [3.8, 4) is 11.6 Å². The van der Waals surface area contributed by atoms with E-state index in [1.54, 1.807) is 19.1 Å². The number of nitrogens with zero attached hydrogens (tertiary/aromatic N) is 4. The maximum atomic E-state index is 12.6. The van der Waals surface area contributed by atoms with E-state index in [0.717, 1.165) is 4.52 Å². The molecule has 0 spiro atoms. The van der Waals surface area contributed by atoms with Crippen LogP contribution in [0.25, 0.3) is 17.2 Å². The number of halogens is 3. The molecule has 0 amide bonds. The van der Waals surface area contributed by atoms with Crippen LogP contribution in [0.3, 0.4) is 0 Å². The van der Waals surface area contributed by atoms with Crippen LogP contribution in [-0.4, -0.2) is 19.6 Å². The highest BCUT2D eigenvalue weighted by atomic mass is 19.4. The predicted octanol–water partition coefficient (Wildman–Crippen LogP) is 2.71. The Bertz CT molecular complexity index is 744. The Balaban J connectivity index is 2.23. The molecule has 19 heavy (non-hydrogen) atoms. The molecular formula is C11H7F3N4O. The van der Waals surface area contributed by atoms with Gasteiger partial charge in [-0.3, -0.25) is 0 Å². The van der Waals surface area contributed by atoms with Gasteiger partial charge in [0.2, 0.25) is 0 Å². The van der Waals surface area contributed by atoms with Gasteiger partial charge in [0.1, 0.15) is 5.76 Å². The minimum absolute atomic E-state index is 0.0615. The third-order valence-corrected chi connectivity index (χ3v) is 2.47. The largest absolute Gasteiger partial charge is 0.458 e. The monoisotopic (exact) mass is 268 g/mol. The first-order valence-corrected chi connectivity index (χ1v) is 5.31. The van der Waals surface area contributed by atoms with Crippen molar-refractivity contribution in [3.05, 3.63) is 36.0 Å². The third-order valence-electron chi connectivity index (χ3n) is 2.47. The molecule has 0 N–H and O–H groups in total. The number of aromatic nitrogens is 4. The number of hydrogen-bond acceptors (Lipinski definition) is 4. The van der Waals surface area contributed by atoms with Crippen LogP contribution in [0.1, 0.15) is 11.6 Å². The normalized spacial score (nSPS) is 12.2. The van der Waals surface area contributed by atoms with Gasteiger partial charge < -0.3 is 4.42 Å². The highest BCUT2D eigenvalue weighted by molar-refractivity contribution is 5.53. The number of fused-ring (bicyclic) bond motifs is 1. The summed E-state index contributed by atoms with van der Waals surface area (Å²) in [6.45, 7) is 1.73. The summed E-state index contributed by atoms with van der Waals surface area (Å²) in [5, 5.41) is 3.43. The van der Waals surface area contributed by atoms with Gasteiger partial charge in [-0.2, -0.15) is 17.7 Å². The first kappa shape index (κ1) is 11.7. The van der Waals surface area contributed by atoms with E-state index in [2.05, 4.69) is 15.1 Å². The van der Waals surface area contributed by atoms with Crippen LogP contribution < -0.4 is 0 Å². The second-order valence-electron chi connectivity index (χ2n) is 3.88. The number of alkyl halides is 3. The van der Waals surface area contributed by atoms with Crippen molar-refractivity contribution in [2.75, 3.05) is 0 Å². The van der Waals surface area contributed by atoms with E-state index < -0.39 is 12.0 Å². The molecular weight excluding hydrogens is 261 g/mol. The zero-order valence-electron chi connectivity index (χ0n) is 9.64. The van der Waals surface area contributed by atoms with Gasteiger partial charge in [-0.15, -0.1) is 5.10 Å². The van der Waals surface area contributed by atoms with E-state index in [1.807, 2.05) is 0 Å². The van der Waals surface area contributed by atoms with Crippen LogP contribution in [0.4, 0.5) is 13.2 Å². The second-order valence-corrected chi connectivity index (χ2v) is 3.88. The van der Waals surface area contributed by atoms with Gasteiger partial charge in [-0.1, -0.05) is 0 Å². The molecule has 3 rings (SSSR count). The van der Waals surface area contributed by atoms with Crippen molar-refractivity contribution in [1.82, 2.24) is 19.6 Å². The molecule has 5 nitrogen and oxygen atoms in total. The molecule has 0 aromatic carbocycles. The van der Waals surface area contributed by atoms with E-state index in [1.165, 1.54) is 12.3 Å². The second kappa shape index (κ2) is 3.81. The Labute approximate surface area is 104 Å². The van der Waals surface area contributed by atoms with Gasteiger partial charge in [0.15, 0.2) is 17.2 Å². The standard InChI is InChI=1S/C11H7F3N4O/c1-6-2-3-7(19-6)9-15-5-4-8-16-10(11(12,13)14)17-18(8)9/h2-5H,1H3. The van der Waals surface area contributed by atoms with E-state index in [9.17, 15) is 13.2 Å². The summed E-state index contributed by atoms with van der Waals surface area (Å²) in [6, 6.07) is 4.66. The smallest absolute Gasteiger partial charge is 0.453 e. The van der Waals surface area contributed by atoms with Crippen molar-refractivity contribution in [2.45, 2.75) is 13.1 Å². The number of furan rings is 1. The van der Waals surface area contributed by atoms with Gasteiger partial charge in [-0.25, -0.2) is 9.97 Å². The number of hydrogen-bond donors (Lipinski definition) is 0. The van der Waals surface area contributed by atoms with Crippen LogP contribution in [0.15, 0.2) is 28.8 Å². The summed E-state index contributed by atoms with van der Waals surface area (Å²) < 4.78 is 44.1. The summed E-state index contributed by atoms with van der Waals surface area (Å²) >= 11 is 0. The zero-order chi connectivity index (χ0) is 13.6. The van der Waals surface area contributed by atoms with E-state index >= 15 is 0 Å². The van der Waals surface area contributed by atoms with Gasteiger partial charge in [0, 0.05) is 12.3 Å². The van der Waals surface area contributed by atoms with Crippen molar-refractivity contribution < 1.29 is 17.6 Å². The van der Waals surface area contributed by atoms with E-state index in [4.69, 9.17) is 4.42 Å². The maximum Gasteiger partial charge on any atom is 0.453 e. The quantitative estimate of drug-likeness (QED) is 0.681. The van der Waals surface area contributed by atoms with Crippen molar-refractivity contribution in [3.63, 3.8) is 0 Å². The molecule has 0 saturated carbocycles. The lowest BCUT2D eigenvalue weighted by molar-refractivity contribution is -0.144. The van der Waals surface area contributed by atoms with Gasteiger partial charge in [0.05, 0.1) is 0 Å². The minimum Gasteiger partial charge on any atom is -0.458 e. The Morgan fingerprint density at radius 2 is 2.00 bits per heavy atom. The molecule has 0 unspecified atom stereocenters. The summed E-state index contributed by atoms with van der Waals surface area (Å²) in [4.78, 5) is 7.41. The molecule has 0 radical (unpaired) electrons. The van der Waals surface area contributed by atoms with Gasteiger partial charge >= 0.3 is 6.18 Å².